The number of carbonyl (C=O) groups excluding carboxylic acids is 1. The van der Waals surface area contributed by atoms with Gasteiger partial charge < -0.3 is 14.2 Å². The van der Waals surface area contributed by atoms with Crippen molar-refractivity contribution in [3.63, 3.8) is 0 Å². The molecule has 0 N–H and O–H groups in total. The molecular formula is C17H23Br3O4. The zero-order chi connectivity index (χ0) is 17.7. The first kappa shape index (κ1) is 20.7. The molecule has 7 unspecified atom stereocenters. The van der Waals surface area contributed by atoms with Crippen LogP contribution in [0.5, 0.6) is 0 Å². The van der Waals surface area contributed by atoms with E-state index in [1.165, 1.54) is 6.92 Å². The van der Waals surface area contributed by atoms with Gasteiger partial charge in [0.25, 0.3) is 0 Å². The summed E-state index contributed by atoms with van der Waals surface area (Å²) in [5, 5.41) is 0. The van der Waals surface area contributed by atoms with E-state index in [4.69, 9.17) is 14.2 Å². The van der Waals surface area contributed by atoms with Crippen LogP contribution < -0.4 is 0 Å². The van der Waals surface area contributed by atoms with E-state index in [1.54, 1.807) is 4.99 Å². The third-order valence-electron chi connectivity index (χ3n) is 4.37. The summed E-state index contributed by atoms with van der Waals surface area (Å²) in [5.74, 6) is -0.268. The van der Waals surface area contributed by atoms with Gasteiger partial charge in [-0.1, -0.05) is 54.7 Å². The van der Waals surface area contributed by atoms with Crippen LogP contribution in [0.3, 0.4) is 0 Å². The maximum Gasteiger partial charge on any atom is 0.302 e. The Kier molecular flexibility index (Phi) is 8.51. The van der Waals surface area contributed by atoms with Gasteiger partial charge in [0.05, 0.1) is 29.2 Å². The number of rotatable bonds is 3. The number of halogens is 3. The average Bonchev–Trinajstić information content (AvgIpc) is 2.91. The van der Waals surface area contributed by atoms with Crippen LogP contribution in [-0.4, -0.2) is 46.1 Å². The van der Waals surface area contributed by atoms with Gasteiger partial charge in [-0.05, 0) is 18.9 Å². The fourth-order valence-electron chi connectivity index (χ4n) is 3.24. The topological polar surface area (TPSA) is 44.8 Å². The van der Waals surface area contributed by atoms with E-state index in [2.05, 4.69) is 60.4 Å². The third kappa shape index (κ3) is 5.68. The Morgan fingerprint density at radius 2 is 1.92 bits per heavy atom. The fourth-order valence-corrected chi connectivity index (χ4v) is 5.52. The Morgan fingerprint density at radius 1 is 1.21 bits per heavy atom. The van der Waals surface area contributed by atoms with Gasteiger partial charge in [0, 0.05) is 29.6 Å². The highest BCUT2D eigenvalue weighted by atomic mass is 79.9. The number of hydrogen-bond acceptors (Lipinski definition) is 4. The lowest BCUT2D eigenvalue weighted by Crippen LogP contribution is -2.34. The van der Waals surface area contributed by atoms with Crippen molar-refractivity contribution in [2.24, 2.45) is 0 Å². The summed E-state index contributed by atoms with van der Waals surface area (Å²) in [7, 11) is 0. The molecule has 0 aliphatic carbocycles. The molecule has 0 spiro atoms. The largest absolute Gasteiger partial charge is 0.461 e. The highest BCUT2D eigenvalue weighted by Gasteiger charge is 2.42. The first-order chi connectivity index (χ1) is 11.4. The Balaban J connectivity index is 2.21. The predicted molar refractivity (Wildman–Crippen MR) is 104 cm³/mol. The monoisotopic (exact) mass is 528 g/mol. The van der Waals surface area contributed by atoms with Crippen LogP contribution in [0.15, 0.2) is 16.8 Å². The molecule has 0 saturated carbocycles. The fraction of sp³-hybridized carbons (Fsp3) is 0.765. The molecule has 4 nitrogen and oxygen atoms in total. The third-order valence-corrected chi connectivity index (χ3v) is 6.56. The van der Waals surface area contributed by atoms with Crippen LogP contribution in [0.1, 0.15) is 39.5 Å². The molecule has 7 atom stereocenters. The van der Waals surface area contributed by atoms with Crippen molar-refractivity contribution in [2.75, 3.05) is 0 Å². The zero-order valence-electron chi connectivity index (χ0n) is 13.8. The highest BCUT2D eigenvalue weighted by Crippen LogP contribution is 2.36. The summed E-state index contributed by atoms with van der Waals surface area (Å²) < 4.78 is 18.1. The van der Waals surface area contributed by atoms with Crippen molar-refractivity contribution in [1.82, 2.24) is 0 Å². The molecule has 0 aromatic heterocycles. The number of hydrogen-bond donors (Lipinski definition) is 0. The second-order valence-electron chi connectivity index (χ2n) is 6.16. The minimum Gasteiger partial charge on any atom is -0.461 e. The standard InChI is InChI=1S/C17H23Br3O4/c1-3-14-12(19)8-13(20)15(22-10(2)21)9-17-16(24-14)7-11(23-17)5-4-6-18/h5-6,11-17H,3,7-9H2,1-2H3. The van der Waals surface area contributed by atoms with Gasteiger partial charge in [-0.3, -0.25) is 4.79 Å². The lowest BCUT2D eigenvalue weighted by molar-refractivity contribution is -0.148. The molecule has 2 heterocycles. The second-order valence-corrected chi connectivity index (χ2v) is 8.97. The molecule has 2 saturated heterocycles. The quantitative estimate of drug-likeness (QED) is 0.303. The minimum absolute atomic E-state index is 0.00997. The van der Waals surface area contributed by atoms with Crippen molar-refractivity contribution in [2.45, 2.75) is 79.7 Å². The van der Waals surface area contributed by atoms with E-state index in [0.29, 0.717) is 6.42 Å². The summed E-state index contributed by atoms with van der Waals surface area (Å²) in [4.78, 5) is 13.4. The molecule has 2 rings (SSSR count). The molecule has 0 amide bonds. The van der Waals surface area contributed by atoms with Gasteiger partial charge in [0.1, 0.15) is 6.10 Å². The van der Waals surface area contributed by atoms with Gasteiger partial charge in [-0.15, -0.1) is 5.73 Å². The first-order valence-electron chi connectivity index (χ1n) is 8.22. The first-order valence-corrected chi connectivity index (χ1v) is 11.0. The summed E-state index contributed by atoms with van der Waals surface area (Å²) in [6, 6.07) is 0. The number of fused-ring (bicyclic) bond motifs is 1. The zero-order valence-corrected chi connectivity index (χ0v) is 18.5. The Labute approximate surface area is 168 Å². The SMILES string of the molecule is CCC1OC2CC(C=C=CBr)OC2CC(OC(C)=O)C(Br)CC1Br. The van der Waals surface area contributed by atoms with Crippen LogP contribution >= 0.6 is 47.8 Å². The predicted octanol–water partition coefficient (Wildman–Crippen LogP) is 4.62. The summed E-state index contributed by atoms with van der Waals surface area (Å²) >= 11 is 10.7. The van der Waals surface area contributed by atoms with E-state index in [9.17, 15) is 4.79 Å². The molecule has 2 aliphatic rings. The molecule has 0 radical (unpaired) electrons. The van der Waals surface area contributed by atoms with Crippen molar-refractivity contribution in [1.29, 1.82) is 0 Å². The van der Waals surface area contributed by atoms with E-state index < -0.39 is 0 Å². The van der Waals surface area contributed by atoms with Crippen molar-refractivity contribution in [3.05, 3.63) is 16.8 Å². The Hall–Kier alpha value is 0.350. The number of esters is 1. The molecule has 24 heavy (non-hydrogen) atoms. The Morgan fingerprint density at radius 3 is 2.54 bits per heavy atom. The smallest absolute Gasteiger partial charge is 0.302 e. The van der Waals surface area contributed by atoms with Gasteiger partial charge in [0.2, 0.25) is 0 Å². The van der Waals surface area contributed by atoms with Crippen molar-refractivity contribution in [3.8, 4) is 0 Å². The van der Waals surface area contributed by atoms with Crippen LogP contribution in [0.25, 0.3) is 0 Å². The van der Waals surface area contributed by atoms with Crippen LogP contribution in [0, 0.1) is 0 Å². The lowest BCUT2D eigenvalue weighted by atomic mass is 10.0. The molecule has 136 valence electrons. The lowest BCUT2D eigenvalue weighted by Gasteiger charge is -2.26. The van der Waals surface area contributed by atoms with Crippen molar-refractivity contribution >= 4 is 53.8 Å². The molecular weight excluding hydrogens is 508 g/mol. The number of alkyl halides is 2. The van der Waals surface area contributed by atoms with Crippen LogP contribution in [0.2, 0.25) is 0 Å². The normalized spacial score (nSPS) is 39.6. The number of ether oxygens (including phenoxy) is 3. The maximum atomic E-state index is 11.5. The average molecular weight is 531 g/mol. The van der Waals surface area contributed by atoms with Gasteiger partial charge in [-0.25, -0.2) is 0 Å². The summed E-state index contributed by atoms with van der Waals surface area (Å²) in [6.45, 7) is 3.57. The second kappa shape index (κ2) is 9.89. The summed E-state index contributed by atoms with van der Waals surface area (Å²) in [6.07, 6.45) is 4.78. The van der Waals surface area contributed by atoms with Crippen LogP contribution in [0.4, 0.5) is 0 Å². The molecule has 7 heteroatoms. The Bertz CT molecular complexity index is 492. The van der Waals surface area contributed by atoms with Crippen LogP contribution in [-0.2, 0) is 19.0 Å². The molecule has 0 aromatic rings. The summed E-state index contributed by atoms with van der Waals surface area (Å²) in [5.41, 5.74) is 3.01. The maximum absolute atomic E-state index is 11.5. The van der Waals surface area contributed by atoms with E-state index in [-0.39, 0.29) is 46.1 Å². The molecule has 2 aliphatic heterocycles. The van der Waals surface area contributed by atoms with E-state index >= 15 is 0 Å². The van der Waals surface area contributed by atoms with Gasteiger partial charge in [0.15, 0.2) is 0 Å². The minimum atomic E-state index is -0.268. The van der Waals surface area contributed by atoms with E-state index in [1.807, 2.05) is 6.08 Å². The molecule has 2 fully saturated rings. The van der Waals surface area contributed by atoms with Gasteiger partial charge >= 0.3 is 5.97 Å². The van der Waals surface area contributed by atoms with Crippen molar-refractivity contribution < 1.29 is 19.0 Å². The highest BCUT2D eigenvalue weighted by molar-refractivity contribution is 9.11. The van der Waals surface area contributed by atoms with E-state index in [0.717, 1.165) is 19.3 Å². The molecule has 0 aromatic carbocycles. The number of carbonyl (C=O) groups is 1. The van der Waals surface area contributed by atoms with Gasteiger partial charge in [-0.2, -0.15) is 0 Å². The molecule has 0 bridgehead atoms.